The number of aromatic nitrogens is 2. The molecule has 0 spiro atoms. The van der Waals surface area contributed by atoms with Gasteiger partial charge in [0, 0.05) is 12.7 Å². The highest BCUT2D eigenvalue weighted by molar-refractivity contribution is 7.91. The van der Waals surface area contributed by atoms with Gasteiger partial charge in [-0.3, -0.25) is 0 Å². The molecule has 2 heterocycles. The maximum Gasteiger partial charge on any atom is 0.250 e. The van der Waals surface area contributed by atoms with Crippen molar-refractivity contribution in [2.24, 2.45) is 0 Å². The fourth-order valence-corrected chi connectivity index (χ4v) is 3.89. The van der Waals surface area contributed by atoms with Gasteiger partial charge in [0.15, 0.2) is 0 Å². The molecule has 6 nitrogen and oxygen atoms in total. The van der Waals surface area contributed by atoms with E-state index in [2.05, 4.69) is 20.0 Å². The average Bonchev–Trinajstić information content (AvgIpc) is 2.87. The van der Waals surface area contributed by atoms with Gasteiger partial charge >= 0.3 is 0 Å². The van der Waals surface area contributed by atoms with Crippen LogP contribution in [0.25, 0.3) is 0 Å². The Kier molecular flexibility index (Phi) is 4.81. The summed E-state index contributed by atoms with van der Waals surface area (Å²) < 4.78 is 27.1. The van der Waals surface area contributed by atoms with Crippen LogP contribution in [0.15, 0.2) is 27.9 Å². The summed E-state index contributed by atoms with van der Waals surface area (Å²) in [5.74, 6) is 0.620. The van der Waals surface area contributed by atoms with E-state index in [0.29, 0.717) is 22.3 Å². The maximum absolute atomic E-state index is 12.1. The third-order valence-electron chi connectivity index (χ3n) is 2.55. The fraction of sp³-hybridized carbons (Fsp3) is 0.333. The van der Waals surface area contributed by atoms with Crippen LogP contribution in [0.4, 0.5) is 0 Å². The van der Waals surface area contributed by atoms with Crippen LogP contribution in [0.3, 0.4) is 0 Å². The van der Waals surface area contributed by atoms with Crippen molar-refractivity contribution in [3.63, 3.8) is 0 Å². The summed E-state index contributed by atoms with van der Waals surface area (Å²) in [7, 11) is -1.67. The number of hydrogen-bond donors (Lipinski definition) is 2. The molecule has 0 amide bonds. The quantitative estimate of drug-likeness (QED) is 0.833. The van der Waals surface area contributed by atoms with Crippen LogP contribution in [-0.2, 0) is 23.1 Å². The summed E-state index contributed by atoms with van der Waals surface area (Å²) in [5.41, 5.74) is 1.60. The van der Waals surface area contributed by atoms with Gasteiger partial charge in [-0.25, -0.2) is 23.1 Å². The first-order valence-electron chi connectivity index (χ1n) is 6.01. The minimum Gasteiger partial charge on any atom is -0.316 e. The molecule has 2 aromatic rings. The Hall–Kier alpha value is -1.35. The highest BCUT2D eigenvalue weighted by Gasteiger charge is 2.16. The molecule has 108 valence electrons. The van der Waals surface area contributed by atoms with Crippen molar-refractivity contribution in [1.29, 1.82) is 0 Å². The largest absolute Gasteiger partial charge is 0.316 e. The van der Waals surface area contributed by atoms with Crippen LogP contribution >= 0.6 is 11.3 Å². The monoisotopic (exact) mass is 312 g/mol. The van der Waals surface area contributed by atoms with E-state index in [0.717, 1.165) is 5.56 Å². The molecule has 0 aliphatic carbocycles. The van der Waals surface area contributed by atoms with E-state index < -0.39 is 10.0 Å². The Morgan fingerprint density at radius 3 is 2.85 bits per heavy atom. The van der Waals surface area contributed by atoms with Crippen LogP contribution in [0.1, 0.15) is 17.1 Å². The van der Waals surface area contributed by atoms with Crippen molar-refractivity contribution in [3.05, 3.63) is 40.8 Å². The molecule has 0 saturated heterocycles. The van der Waals surface area contributed by atoms with Gasteiger partial charge in [-0.15, -0.1) is 11.3 Å². The van der Waals surface area contributed by atoms with Gasteiger partial charge in [-0.2, -0.15) is 0 Å². The van der Waals surface area contributed by atoms with E-state index in [4.69, 9.17) is 0 Å². The second-order valence-electron chi connectivity index (χ2n) is 4.22. The molecular formula is C12H16N4O2S2. The molecule has 0 radical (unpaired) electrons. The first kappa shape index (κ1) is 15.0. The Labute approximate surface area is 122 Å². The normalized spacial score (nSPS) is 11.7. The minimum atomic E-state index is -3.49. The van der Waals surface area contributed by atoms with Gasteiger partial charge in [-0.05, 0) is 37.0 Å². The molecule has 0 aromatic carbocycles. The van der Waals surface area contributed by atoms with Crippen molar-refractivity contribution in [3.8, 4) is 0 Å². The van der Waals surface area contributed by atoms with E-state index in [9.17, 15) is 8.42 Å². The molecule has 0 bridgehead atoms. The van der Waals surface area contributed by atoms with Crippen molar-refractivity contribution in [1.82, 2.24) is 20.0 Å². The van der Waals surface area contributed by atoms with Gasteiger partial charge in [-0.1, -0.05) is 0 Å². The van der Waals surface area contributed by atoms with Gasteiger partial charge in [0.05, 0.1) is 12.2 Å². The zero-order valence-electron chi connectivity index (χ0n) is 11.3. The van der Waals surface area contributed by atoms with Gasteiger partial charge < -0.3 is 5.32 Å². The zero-order chi connectivity index (χ0) is 14.6. The molecule has 0 atom stereocenters. The summed E-state index contributed by atoms with van der Waals surface area (Å²) in [6.07, 6.45) is 1.61. The molecule has 20 heavy (non-hydrogen) atoms. The van der Waals surface area contributed by atoms with Crippen LogP contribution < -0.4 is 10.0 Å². The number of thiophene rings is 1. The summed E-state index contributed by atoms with van der Waals surface area (Å²) in [5, 5.41) is 4.82. The van der Waals surface area contributed by atoms with Crippen molar-refractivity contribution in [2.75, 3.05) is 7.05 Å². The predicted octanol–water partition coefficient (Wildman–Crippen LogP) is 1.04. The third-order valence-corrected chi connectivity index (χ3v) is 5.44. The minimum absolute atomic E-state index is 0.158. The van der Waals surface area contributed by atoms with Crippen LogP contribution in [-0.4, -0.2) is 25.4 Å². The molecule has 0 aliphatic rings. The lowest BCUT2D eigenvalue weighted by Gasteiger charge is -2.04. The van der Waals surface area contributed by atoms with E-state index in [1.807, 2.05) is 12.4 Å². The van der Waals surface area contributed by atoms with Crippen LogP contribution in [0, 0.1) is 6.92 Å². The molecule has 0 saturated carbocycles. The highest BCUT2D eigenvalue weighted by atomic mass is 32.2. The zero-order valence-corrected chi connectivity index (χ0v) is 12.9. The maximum atomic E-state index is 12.1. The SMILES string of the molecule is CNCc1csc(S(=O)(=O)NCc2ccnc(C)n2)c1. The highest BCUT2D eigenvalue weighted by Crippen LogP contribution is 2.20. The number of aryl methyl sites for hydroxylation is 1. The lowest BCUT2D eigenvalue weighted by Crippen LogP contribution is -2.23. The summed E-state index contributed by atoms with van der Waals surface area (Å²) in [6, 6.07) is 3.37. The summed E-state index contributed by atoms with van der Waals surface area (Å²) >= 11 is 1.21. The number of nitrogens with zero attached hydrogens (tertiary/aromatic N) is 2. The Morgan fingerprint density at radius 1 is 1.35 bits per heavy atom. The van der Waals surface area contributed by atoms with E-state index >= 15 is 0 Å². The molecule has 2 rings (SSSR count). The first-order chi connectivity index (χ1) is 9.51. The van der Waals surface area contributed by atoms with Gasteiger partial charge in [0.1, 0.15) is 10.0 Å². The van der Waals surface area contributed by atoms with Gasteiger partial charge in [0.25, 0.3) is 0 Å². The second-order valence-corrected chi connectivity index (χ2v) is 7.13. The molecule has 2 N–H and O–H groups in total. The van der Waals surface area contributed by atoms with E-state index in [-0.39, 0.29) is 6.54 Å². The van der Waals surface area contributed by atoms with E-state index in [1.54, 1.807) is 25.3 Å². The molecule has 0 aliphatic heterocycles. The Balaban J connectivity index is 2.06. The number of hydrogen-bond acceptors (Lipinski definition) is 6. The van der Waals surface area contributed by atoms with Crippen molar-refractivity contribution >= 4 is 21.4 Å². The molecule has 0 fully saturated rings. The lowest BCUT2D eigenvalue weighted by molar-refractivity contribution is 0.582. The van der Waals surface area contributed by atoms with Gasteiger partial charge in [0.2, 0.25) is 10.0 Å². The topological polar surface area (TPSA) is 84.0 Å². The summed E-state index contributed by atoms with van der Waals surface area (Å²) in [6.45, 7) is 2.57. The van der Waals surface area contributed by atoms with Crippen LogP contribution in [0.2, 0.25) is 0 Å². The number of nitrogens with one attached hydrogen (secondary N) is 2. The molecular weight excluding hydrogens is 296 g/mol. The lowest BCUT2D eigenvalue weighted by atomic mass is 10.3. The smallest absolute Gasteiger partial charge is 0.250 e. The molecule has 2 aromatic heterocycles. The summed E-state index contributed by atoms with van der Waals surface area (Å²) in [4.78, 5) is 8.13. The fourth-order valence-electron chi connectivity index (χ4n) is 1.63. The van der Waals surface area contributed by atoms with E-state index in [1.165, 1.54) is 11.3 Å². The third kappa shape index (κ3) is 3.83. The Morgan fingerprint density at radius 2 is 2.15 bits per heavy atom. The standard InChI is InChI=1S/C12H16N4O2S2/c1-9-14-4-3-11(16-9)7-15-20(17,18)12-5-10(6-13-2)8-19-12/h3-5,8,13,15H,6-7H2,1-2H3. The number of sulfonamides is 1. The average molecular weight is 312 g/mol. The number of rotatable bonds is 6. The molecule has 8 heteroatoms. The van der Waals surface area contributed by atoms with Crippen molar-refractivity contribution < 1.29 is 8.42 Å². The second kappa shape index (κ2) is 6.40. The van der Waals surface area contributed by atoms with Crippen LogP contribution in [0.5, 0.6) is 0 Å². The molecule has 0 unspecified atom stereocenters. The first-order valence-corrected chi connectivity index (χ1v) is 8.38. The predicted molar refractivity (Wildman–Crippen MR) is 77.9 cm³/mol. The van der Waals surface area contributed by atoms with Crippen molar-refractivity contribution in [2.45, 2.75) is 24.2 Å². The Bertz CT molecular complexity index is 682.